The zero-order valence-electron chi connectivity index (χ0n) is 11.6. The molecule has 20 heavy (non-hydrogen) atoms. The third-order valence-corrected chi connectivity index (χ3v) is 3.34. The fourth-order valence-corrected chi connectivity index (χ4v) is 2.15. The molecule has 1 fully saturated rings. The fraction of sp³-hybridized carbons (Fsp3) is 0.375. The van der Waals surface area contributed by atoms with Crippen LogP contribution in [0.2, 0.25) is 0 Å². The minimum absolute atomic E-state index is 0.00545. The van der Waals surface area contributed by atoms with Crippen LogP contribution in [0.3, 0.4) is 0 Å². The molecule has 1 saturated heterocycles. The standard InChI is InChI=1S/C16H18N2O2/c1-2-15-12-18(8-9-20-15)16(19)7-6-13-4-3-5-14(10-13)11-17/h3-7,10,15H,2,8-9,12H2,1H3. The van der Waals surface area contributed by atoms with Crippen LogP contribution in [0.25, 0.3) is 6.08 Å². The fourth-order valence-electron chi connectivity index (χ4n) is 2.15. The van der Waals surface area contributed by atoms with E-state index >= 15 is 0 Å². The van der Waals surface area contributed by atoms with Crippen LogP contribution in [0.15, 0.2) is 30.3 Å². The SMILES string of the molecule is CCC1CN(C(=O)C=Cc2cccc(C#N)c2)CCO1. The van der Waals surface area contributed by atoms with Gasteiger partial charge >= 0.3 is 0 Å². The highest BCUT2D eigenvalue weighted by molar-refractivity contribution is 5.91. The van der Waals surface area contributed by atoms with Crippen molar-refractivity contribution in [2.45, 2.75) is 19.4 Å². The van der Waals surface area contributed by atoms with E-state index in [1.807, 2.05) is 17.0 Å². The summed E-state index contributed by atoms with van der Waals surface area (Å²) in [5, 5.41) is 8.84. The molecule has 1 aliphatic rings. The Morgan fingerprint density at radius 2 is 2.45 bits per heavy atom. The summed E-state index contributed by atoms with van der Waals surface area (Å²) in [5.74, 6) is -0.00545. The lowest BCUT2D eigenvalue weighted by Gasteiger charge is -2.31. The van der Waals surface area contributed by atoms with Gasteiger partial charge in [-0.2, -0.15) is 5.26 Å². The molecule has 2 rings (SSSR count). The lowest BCUT2D eigenvalue weighted by molar-refractivity contribution is -0.133. The van der Waals surface area contributed by atoms with E-state index in [1.54, 1.807) is 24.3 Å². The Kier molecular flexibility index (Phi) is 4.91. The Balaban J connectivity index is 1.99. The Hall–Kier alpha value is -2.12. The molecule has 1 unspecified atom stereocenters. The molecular formula is C16H18N2O2. The van der Waals surface area contributed by atoms with Crippen molar-refractivity contribution < 1.29 is 9.53 Å². The summed E-state index contributed by atoms with van der Waals surface area (Å²) in [6.45, 7) is 3.94. The lowest BCUT2D eigenvalue weighted by Crippen LogP contribution is -2.44. The average molecular weight is 270 g/mol. The molecule has 1 atom stereocenters. The topological polar surface area (TPSA) is 53.3 Å². The van der Waals surface area contributed by atoms with Crippen LogP contribution in [-0.2, 0) is 9.53 Å². The minimum atomic E-state index is -0.00545. The Morgan fingerprint density at radius 3 is 3.20 bits per heavy atom. The number of carbonyl (C=O) groups is 1. The molecular weight excluding hydrogens is 252 g/mol. The van der Waals surface area contributed by atoms with E-state index in [2.05, 4.69) is 13.0 Å². The first-order valence-electron chi connectivity index (χ1n) is 6.81. The molecule has 0 saturated carbocycles. The summed E-state index contributed by atoms with van der Waals surface area (Å²) < 4.78 is 5.55. The number of carbonyl (C=O) groups excluding carboxylic acids is 1. The van der Waals surface area contributed by atoms with Gasteiger partial charge in [0.2, 0.25) is 5.91 Å². The van der Waals surface area contributed by atoms with Crippen molar-refractivity contribution in [2.75, 3.05) is 19.7 Å². The number of hydrogen-bond acceptors (Lipinski definition) is 3. The average Bonchev–Trinajstić information content (AvgIpc) is 2.52. The first-order valence-corrected chi connectivity index (χ1v) is 6.81. The van der Waals surface area contributed by atoms with Gasteiger partial charge in [-0.3, -0.25) is 4.79 Å². The van der Waals surface area contributed by atoms with Gasteiger partial charge in [0.1, 0.15) is 0 Å². The third-order valence-electron chi connectivity index (χ3n) is 3.34. The summed E-state index contributed by atoms with van der Waals surface area (Å²) in [6, 6.07) is 9.27. The van der Waals surface area contributed by atoms with E-state index in [-0.39, 0.29) is 12.0 Å². The van der Waals surface area contributed by atoms with E-state index in [1.165, 1.54) is 0 Å². The van der Waals surface area contributed by atoms with E-state index in [9.17, 15) is 4.79 Å². The molecule has 1 heterocycles. The molecule has 104 valence electrons. The van der Waals surface area contributed by atoms with Crippen molar-refractivity contribution in [3.05, 3.63) is 41.5 Å². The summed E-state index contributed by atoms with van der Waals surface area (Å²) in [4.78, 5) is 13.9. The maximum atomic E-state index is 12.1. The van der Waals surface area contributed by atoms with E-state index in [0.717, 1.165) is 12.0 Å². The predicted octanol–water partition coefficient (Wildman–Crippen LogP) is 2.21. The largest absolute Gasteiger partial charge is 0.375 e. The Morgan fingerprint density at radius 1 is 1.60 bits per heavy atom. The lowest BCUT2D eigenvalue weighted by atomic mass is 10.1. The smallest absolute Gasteiger partial charge is 0.246 e. The highest BCUT2D eigenvalue weighted by Crippen LogP contribution is 2.10. The summed E-state index contributed by atoms with van der Waals surface area (Å²) >= 11 is 0. The summed E-state index contributed by atoms with van der Waals surface area (Å²) in [7, 11) is 0. The van der Waals surface area contributed by atoms with Crippen LogP contribution in [0.5, 0.6) is 0 Å². The maximum absolute atomic E-state index is 12.1. The van der Waals surface area contributed by atoms with Crippen LogP contribution in [0.1, 0.15) is 24.5 Å². The van der Waals surface area contributed by atoms with Crippen molar-refractivity contribution in [1.29, 1.82) is 5.26 Å². The van der Waals surface area contributed by atoms with E-state index in [4.69, 9.17) is 10.00 Å². The highest BCUT2D eigenvalue weighted by atomic mass is 16.5. The van der Waals surface area contributed by atoms with E-state index < -0.39 is 0 Å². The van der Waals surface area contributed by atoms with Gasteiger partial charge in [0.25, 0.3) is 0 Å². The van der Waals surface area contributed by atoms with Gasteiger partial charge in [0.15, 0.2) is 0 Å². The second kappa shape index (κ2) is 6.88. The van der Waals surface area contributed by atoms with Gasteiger partial charge in [-0.1, -0.05) is 19.1 Å². The highest BCUT2D eigenvalue weighted by Gasteiger charge is 2.21. The van der Waals surface area contributed by atoms with Gasteiger partial charge < -0.3 is 9.64 Å². The number of amides is 1. The number of rotatable bonds is 3. The van der Waals surface area contributed by atoms with Gasteiger partial charge in [-0.25, -0.2) is 0 Å². The number of nitrogens with zero attached hydrogens (tertiary/aromatic N) is 2. The number of hydrogen-bond donors (Lipinski definition) is 0. The summed E-state index contributed by atoms with van der Waals surface area (Å²) in [5.41, 5.74) is 1.45. The molecule has 1 aromatic rings. The number of ether oxygens (including phenoxy) is 1. The first-order chi connectivity index (χ1) is 9.72. The zero-order chi connectivity index (χ0) is 14.4. The predicted molar refractivity (Wildman–Crippen MR) is 76.8 cm³/mol. The van der Waals surface area contributed by atoms with Crippen LogP contribution in [0, 0.1) is 11.3 Å². The molecule has 0 aromatic heterocycles. The molecule has 1 aliphatic heterocycles. The van der Waals surface area contributed by atoms with Crippen molar-refractivity contribution >= 4 is 12.0 Å². The van der Waals surface area contributed by atoms with Crippen LogP contribution >= 0.6 is 0 Å². The van der Waals surface area contributed by atoms with Gasteiger partial charge in [0.05, 0.1) is 24.3 Å². The second-order valence-corrected chi connectivity index (χ2v) is 4.76. The van der Waals surface area contributed by atoms with Crippen molar-refractivity contribution in [2.24, 2.45) is 0 Å². The van der Waals surface area contributed by atoms with Gasteiger partial charge in [-0.05, 0) is 30.2 Å². The second-order valence-electron chi connectivity index (χ2n) is 4.76. The van der Waals surface area contributed by atoms with Gasteiger partial charge in [-0.15, -0.1) is 0 Å². The normalized spacial score (nSPS) is 19.0. The molecule has 0 spiro atoms. The maximum Gasteiger partial charge on any atom is 0.246 e. The molecule has 0 aliphatic carbocycles. The molecule has 1 amide bonds. The van der Waals surface area contributed by atoms with Crippen LogP contribution < -0.4 is 0 Å². The Labute approximate surface area is 119 Å². The summed E-state index contributed by atoms with van der Waals surface area (Å²) in [6.07, 6.45) is 4.37. The van der Waals surface area contributed by atoms with Crippen molar-refractivity contribution in [3.8, 4) is 6.07 Å². The molecule has 4 nitrogen and oxygen atoms in total. The van der Waals surface area contributed by atoms with E-state index in [0.29, 0.717) is 25.3 Å². The minimum Gasteiger partial charge on any atom is -0.375 e. The molecule has 1 aromatic carbocycles. The van der Waals surface area contributed by atoms with Crippen LogP contribution in [-0.4, -0.2) is 36.6 Å². The molecule has 4 heteroatoms. The quantitative estimate of drug-likeness (QED) is 0.791. The zero-order valence-corrected chi connectivity index (χ0v) is 11.6. The monoisotopic (exact) mass is 270 g/mol. The first kappa shape index (κ1) is 14.3. The third kappa shape index (κ3) is 3.69. The van der Waals surface area contributed by atoms with Gasteiger partial charge in [0, 0.05) is 19.2 Å². The Bertz CT molecular complexity index is 546. The number of morpholine rings is 1. The van der Waals surface area contributed by atoms with Crippen molar-refractivity contribution in [3.63, 3.8) is 0 Å². The van der Waals surface area contributed by atoms with Crippen LogP contribution in [0.4, 0.5) is 0 Å². The number of benzene rings is 1. The molecule has 0 radical (unpaired) electrons. The number of nitriles is 1. The molecule has 0 bridgehead atoms. The molecule has 0 N–H and O–H groups in total. The van der Waals surface area contributed by atoms with Crippen molar-refractivity contribution in [1.82, 2.24) is 4.90 Å².